The predicted molar refractivity (Wildman–Crippen MR) is 73.8 cm³/mol. The van der Waals surface area contributed by atoms with Gasteiger partial charge in [-0.25, -0.2) is 4.98 Å². The molecule has 0 radical (unpaired) electrons. The first-order valence-electron chi connectivity index (χ1n) is 6.23. The van der Waals surface area contributed by atoms with Crippen LogP contribution in [0.5, 0.6) is 0 Å². The number of aryl methyl sites for hydroxylation is 1. The Morgan fingerprint density at radius 3 is 3.21 bits per heavy atom. The maximum atomic E-state index is 12.3. The minimum Gasteiger partial charge on any atom is -0.469 e. The molecule has 0 aromatic carbocycles. The van der Waals surface area contributed by atoms with Crippen molar-refractivity contribution >= 4 is 21.8 Å². The van der Waals surface area contributed by atoms with Crippen LogP contribution in [0.4, 0.5) is 0 Å². The molecule has 1 aliphatic rings. The molecule has 98 valence electrons. The number of carbonyl (C=O) groups excluding carboxylic acids is 1. The average Bonchev–Trinajstić information content (AvgIpc) is 2.88. The molecule has 1 unspecified atom stereocenters. The lowest BCUT2D eigenvalue weighted by molar-refractivity contribution is 0.0931. The molecule has 1 atom stereocenters. The van der Waals surface area contributed by atoms with E-state index in [0.717, 1.165) is 30.6 Å². The summed E-state index contributed by atoms with van der Waals surface area (Å²) in [5, 5.41) is 3.05. The summed E-state index contributed by atoms with van der Waals surface area (Å²) in [5.74, 6) is 0.876. The summed E-state index contributed by atoms with van der Waals surface area (Å²) in [7, 11) is 0. The number of halogens is 1. The molecular formula is C14H13BrN2O2. The van der Waals surface area contributed by atoms with Crippen molar-refractivity contribution in [2.75, 3.05) is 0 Å². The summed E-state index contributed by atoms with van der Waals surface area (Å²) in [6, 6.07) is 5.48. The Balaban J connectivity index is 1.80. The molecule has 19 heavy (non-hydrogen) atoms. The highest BCUT2D eigenvalue weighted by atomic mass is 79.9. The largest absolute Gasteiger partial charge is 0.469 e. The van der Waals surface area contributed by atoms with E-state index in [-0.39, 0.29) is 11.9 Å². The van der Waals surface area contributed by atoms with E-state index >= 15 is 0 Å². The molecule has 3 rings (SSSR count). The van der Waals surface area contributed by atoms with E-state index in [1.54, 1.807) is 24.6 Å². The van der Waals surface area contributed by atoms with Crippen LogP contribution in [0.3, 0.4) is 0 Å². The Hall–Kier alpha value is -1.62. The van der Waals surface area contributed by atoms with Crippen LogP contribution in [0.2, 0.25) is 0 Å². The lowest BCUT2D eigenvalue weighted by Crippen LogP contribution is -2.30. The molecule has 2 aromatic heterocycles. The topological polar surface area (TPSA) is 55.1 Å². The number of hydrogen-bond acceptors (Lipinski definition) is 3. The van der Waals surface area contributed by atoms with Gasteiger partial charge in [-0.15, -0.1) is 0 Å². The summed E-state index contributed by atoms with van der Waals surface area (Å²) in [6.07, 6.45) is 6.26. The van der Waals surface area contributed by atoms with Crippen molar-refractivity contribution in [2.24, 2.45) is 0 Å². The number of amides is 1. The van der Waals surface area contributed by atoms with Crippen LogP contribution in [-0.4, -0.2) is 10.9 Å². The Morgan fingerprint density at radius 1 is 1.47 bits per heavy atom. The number of aromatic nitrogens is 1. The summed E-state index contributed by atoms with van der Waals surface area (Å²) in [4.78, 5) is 16.3. The third kappa shape index (κ3) is 2.42. The Labute approximate surface area is 119 Å². The molecule has 5 heteroatoms. The molecule has 1 aliphatic carbocycles. The van der Waals surface area contributed by atoms with Crippen LogP contribution in [0.15, 0.2) is 39.7 Å². The van der Waals surface area contributed by atoms with Gasteiger partial charge in [-0.05, 0) is 47.0 Å². The molecule has 0 saturated carbocycles. The summed E-state index contributed by atoms with van der Waals surface area (Å²) in [6.45, 7) is 0. The van der Waals surface area contributed by atoms with E-state index in [1.807, 2.05) is 6.07 Å². The second-order valence-electron chi connectivity index (χ2n) is 4.56. The normalized spacial score (nSPS) is 17.8. The van der Waals surface area contributed by atoms with Crippen molar-refractivity contribution in [3.05, 3.63) is 52.1 Å². The fourth-order valence-electron chi connectivity index (χ4n) is 2.43. The van der Waals surface area contributed by atoms with Gasteiger partial charge < -0.3 is 9.73 Å². The highest BCUT2D eigenvalue weighted by Crippen LogP contribution is 2.30. The van der Waals surface area contributed by atoms with Gasteiger partial charge in [0.05, 0.1) is 17.9 Å². The fourth-order valence-corrected chi connectivity index (χ4v) is 2.86. The maximum absolute atomic E-state index is 12.3. The Morgan fingerprint density at radius 2 is 2.37 bits per heavy atom. The number of nitrogens with zero attached hydrogens (tertiary/aromatic N) is 1. The number of fused-ring (bicyclic) bond motifs is 1. The van der Waals surface area contributed by atoms with Crippen LogP contribution >= 0.6 is 15.9 Å². The first kappa shape index (κ1) is 12.4. The van der Waals surface area contributed by atoms with Crippen LogP contribution in [0, 0.1) is 0 Å². The van der Waals surface area contributed by atoms with Gasteiger partial charge >= 0.3 is 0 Å². The molecule has 0 bridgehead atoms. The van der Waals surface area contributed by atoms with E-state index in [4.69, 9.17) is 4.42 Å². The standard InChI is InChI=1S/C14H13BrN2O2/c15-13-10(3-2-7-16-13)14(18)17-11-4-1-5-12-9(11)6-8-19-12/h2-3,6-8,11H,1,4-5H2,(H,17,18). The first-order chi connectivity index (χ1) is 9.25. The molecule has 1 N–H and O–H groups in total. The van der Waals surface area contributed by atoms with E-state index in [1.165, 1.54) is 0 Å². The van der Waals surface area contributed by atoms with Gasteiger partial charge in [-0.1, -0.05) is 0 Å². The number of rotatable bonds is 2. The van der Waals surface area contributed by atoms with Crippen molar-refractivity contribution in [2.45, 2.75) is 25.3 Å². The zero-order valence-electron chi connectivity index (χ0n) is 10.2. The number of carbonyl (C=O) groups is 1. The van der Waals surface area contributed by atoms with Crippen molar-refractivity contribution in [1.29, 1.82) is 0 Å². The molecule has 0 saturated heterocycles. The monoisotopic (exact) mass is 320 g/mol. The quantitative estimate of drug-likeness (QED) is 0.864. The molecule has 0 spiro atoms. The van der Waals surface area contributed by atoms with Gasteiger partial charge in [0.2, 0.25) is 0 Å². The van der Waals surface area contributed by atoms with Gasteiger partial charge in [0, 0.05) is 18.2 Å². The van der Waals surface area contributed by atoms with Gasteiger partial charge in [0.1, 0.15) is 10.4 Å². The van der Waals surface area contributed by atoms with E-state index in [9.17, 15) is 4.79 Å². The first-order valence-corrected chi connectivity index (χ1v) is 7.02. The summed E-state index contributed by atoms with van der Waals surface area (Å²) >= 11 is 3.30. The number of hydrogen-bond donors (Lipinski definition) is 1. The zero-order valence-corrected chi connectivity index (χ0v) is 11.8. The number of nitrogens with one attached hydrogen (secondary N) is 1. The Kier molecular flexibility index (Phi) is 3.38. The molecule has 0 fully saturated rings. The van der Waals surface area contributed by atoms with Gasteiger partial charge in [-0.3, -0.25) is 4.79 Å². The predicted octanol–water partition coefficient (Wildman–Crippen LogP) is 3.24. The van der Waals surface area contributed by atoms with Gasteiger partial charge in [0.15, 0.2) is 0 Å². The third-order valence-electron chi connectivity index (χ3n) is 3.36. The van der Waals surface area contributed by atoms with Gasteiger partial charge in [-0.2, -0.15) is 0 Å². The zero-order chi connectivity index (χ0) is 13.2. The fraction of sp³-hybridized carbons (Fsp3) is 0.286. The van der Waals surface area contributed by atoms with Crippen LogP contribution in [0.25, 0.3) is 0 Å². The molecule has 2 aromatic rings. The SMILES string of the molecule is O=C(NC1CCCc2occc21)c1cccnc1Br. The molecule has 1 amide bonds. The molecule has 0 aliphatic heterocycles. The Bertz CT molecular complexity index is 609. The van der Waals surface area contributed by atoms with Crippen LogP contribution in [-0.2, 0) is 6.42 Å². The van der Waals surface area contributed by atoms with E-state index < -0.39 is 0 Å². The minimum absolute atomic E-state index is 0.0297. The van der Waals surface area contributed by atoms with Crippen molar-refractivity contribution in [1.82, 2.24) is 10.3 Å². The van der Waals surface area contributed by atoms with Crippen molar-refractivity contribution in [3.63, 3.8) is 0 Å². The van der Waals surface area contributed by atoms with Crippen molar-refractivity contribution < 1.29 is 9.21 Å². The average molecular weight is 321 g/mol. The minimum atomic E-state index is -0.112. The second kappa shape index (κ2) is 5.17. The van der Waals surface area contributed by atoms with Crippen molar-refractivity contribution in [3.8, 4) is 0 Å². The smallest absolute Gasteiger partial charge is 0.254 e. The molecular weight excluding hydrogens is 308 g/mol. The molecule has 2 heterocycles. The van der Waals surface area contributed by atoms with Crippen LogP contribution < -0.4 is 5.32 Å². The van der Waals surface area contributed by atoms with Gasteiger partial charge in [0.25, 0.3) is 5.91 Å². The van der Waals surface area contributed by atoms with E-state index in [0.29, 0.717) is 10.2 Å². The lowest BCUT2D eigenvalue weighted by Gasteiger charge is -2.22. The highest BCUT2D eigenvalue weighted by molar-refractivity contribution is 9.10. The number of furan rings is 1. The van der Waals surface area contributed by atoms with E-state index in [2.05, 4.69) is 26.2 Å². The summed E-state index contributed by atoms with van der Waals surface area (Å²) < 4.78 is 5.99. The lowest BCUT2D eigenvalue weighted by atomic mass is 9.93. The second-order valence-corrected chi connectivity index (χ2v) is 5.31. The molecule has 4 nitrogen and oxygen atoms in total. The summed E-state index contributed by atoms with van der Waals surface area (Å²) in [5.41, 5.74) is 1.65. The third-order valence-corrected chi connectivity index (χ3v) is 3.99. The number of pyridine rings is 1. The van der Waals surface area contributed by atoms with Crippen LogP contribution in [0.1, 0.15) is 40.6 Å². The maximum Gasteiger partial charge on any atom is 0.254 e. The highest BCUT2D eigenvalue weighted by Gasteiger charge is 2.24.